The van der Waals surface area contributed by atoms with Gasteiger partial charge in [0.05, 0.1) is 12.2 Å². The van der Waals surface area contributed by atoms with Crippen molar-refractivity contribution in [2.75, 3.05) is 19.7 Å². The summed E-state index contributed by atoms with van der Waals surface area (Å²) in [4.78, 5) is 15.7. The Kier molecular flexibility index (Phi) is 7.08. The molecule has 5 rings (SSSR count). The van der Waals surface area contributed by atoms with Gasteiger partial charge in [0.15, 0.2) is 0 Å². The Balaban J connectivity index is 1.17. The van der Waals surface area contributed by atoms with E-state index in [1.807, 2.05) is 6.92 Å². The number of nitrogens with zero attached hydrogens (tertiary/aromatic N) is 3. The predicted octanol–water partition coefficient (Wildman–Crippen LogP) is 4.83. The average molecular weight is 527 g/mol. The van der Waals surface area contributed by atoms with E-state index in [0.717, 1.165) is 67.3 Å². The zero-order valence-electron chi connectivity index (χ0n) is 20.1. The average Bonchev–Trinajstić information content (AvgIpc) is 3.63. The number of amides is 1. The maximum Gasteiger partial charge on any atom is 0.416 e. The van der Waals surface area contributed by atoms with E-state index in [9.17, 15) is 22.4 Å². The standard InChI is InChI=1S/C25H30F4N4O2S/c1-15-31-32-22(36-15)17-5-8-33(9-6-17)21-4-7-24(35-14-21,18-2-3-18)23(34)30-13-16-10-19(25(27,28)29)12-20(26)11-16/h10-12,17-18,21H,2-9,13-14H2,1H3,(H,30,34)/t21?,24-/m0/s1. The molecule has 2 saturated heterocycles. The van der Waals surface area contributed by atoms with Crippen LogP contribution in [0.1, 0.15) is 65.6 Å². The van der Waals surface area contributed by atoms with E-state index in [1.54, 1.807) is 11.3 Å². The van der Waals surface area contributed by atoms with Gasteiger partial charge in [0.25, 0.3) is 5.91 Å². The summed E-state index contributed by atoms with van der Waals surface area (Å²) >= 11 is 1.66. The smallest absolute Gasteiger partial charge is 0.363 e. The van der Waals surface area contributed by atoms with Gasteiger partial charge in [0, 0.05) is 18.5 Å². The number of hydrogen-bond donors (Lipinski definition) is 1. The summed E-state index contributed by atoms with van der Waals surface area (Å²) in [6.45, 7) is 4.13. The molecule has 0 radical (unpaired) electrons. The molecule has 2 atom stereocenters. The lowest BCUT2D eigenvalue weighted by atomic mass is 9.85. The van der Waals surface area contributed by atoms with Crippen LogP contribution in [-0.4, -0.2) is 52.3 Å². The summed E-state index contributed by atoms with van der Waals surface area (Å²) in [6.07, 6.45) is 0.569. The molecule has 1 amide bonds. The van der Waals surface area contributed by atoms with Crippen molar-refractivity contribution in [1.29, 1.82) is 0 Å². The number of piperidine rings is 1. The van der Waals surface area contributed by atoms with Crippen LogP contribution in [0.5, 0.6) is 0 Å². The molecule has 2 aromatic rings. The summed E-state index contributed by atoms with van der Waals surface area (Å²) < 4.78 is 59.1. The molecular weight excluding hydrogens is 496 g/mol. The minimum Gasteiger partial charge on any atom is -0.363 e. The molecule has 11 heteroatoms. The molecule has 1 aromatic heterocycles. The molecule has 0 bridgehead atoms. The van der Waals surface area contributed by atoms with E-state index in [0.29, 0.717) is 25.0 Å². The first kappa shape index (κ1) is 25.5. The molecule has 1 saturated carbocycles. The van der Waals surface area contributed by atoms with Crippen LogP contribution in [0.15, 0.2) is 18.2 Å². The number of nitrogens with one attached hydrogen (secondary N) is 1. The number of likely N-dealkylation sites (tertiary alicyclic amines) is 1. The topological polar surface area (TPSA) is 67.4 Å². The van der Waals surface area contributed by atoms with Crippen molar-refractivity contribution < 1.29 is 27.1 Å². The van der Waals surface area contributed by atoms with Gasteiger partial charge in [-0.2, -0.15) is 13.2 Å². The van der Waals surface area contributed by atoms with Gasteiger partial charge in [-0.05, 0) is 88.2 Å². The molecule has 3 heterocycles. The number of carbonyl (C=O) groups excluding carboxylic acids is 1. The van der Waals surface area contributed by atoms with E-state index in [2.05, 4.69) is 20.4 Å². The molecule has 1 unspecified atom stereocenters. The third-order valence-electron chi connectivity index (χ3n) is 7.68. The van der Waals surface area contributed by atoms with Gasteiger partial charge in [-0.1, -0.05) is 0 Å². The van der Waals surface area contributed by atoms with E-state index < -0.39 is 23.2 Å². The number of carbonyl (C=O) groups is 1. The van der Waals surface area contributed by atoms with Crippen LogP contribution < -0.4 is 5.32 Å². The van der Waals surface area contributed by atoms with Crippen molar-refractivity contribution in [3.8, 4) is 0 Å². The molecule has 1 aliphatic carbocycles. The largest absolute Gasteiger partial charge is 0.416 e. The van der Waals surface area contributed by atoms with Gasteiger partial charge in [-0.25, -0.2) is 4.39 Å². The van der Waals surface area contributed by atoms with Crippen LogP contribution in [0.3, 0.4) is 0 Å². The lowest BCUT2D eigenvalue weighted by molar-refractivity contribution is -0.165. The van der Waals surface area contributed by atoms with Crippen molar-refractivity contribution >= 4 is 17.2 Å². The van der Waals surface area contributed by atoms with Crippen LogP contribution in [0.25, 0.3) is 0 Å². The Morgan fingerprint density at radius 2 is 1.92 bits per heavy atom. The number of benzene rings is 1. The first-order valence-corrected chi connectivity index (χ1v) is 13.3. The van der Waals surface area contributed by atoms with Crippen LogP contribution in [-0.2, 0) is 22.3 Å². The minimum absolute atomic E-state index is 0.0730. The Morgan fingerprint density at radius 3 is 2.50 bits per heavy atom. The van der Waals surface area contributed by atoms with Gasteiger partial charge in [0.1, 0.15) is 21.4 Å². The van der Waals surface area contributed by atoms with Crippen LogP contribution in [0.4, 0.5) is 17.6 Å². The fourth-order valence-electron chi connectivity index (χ4n) is 5.54. The van der Waals surface area contributed by atoms with Gasteiger partial charge < -0.3 is 10.1 Å². The molecule has 3 fully saturated rings. The zero-order chi connectivity index (χ0) is 25.5. The number of rotatable bonds is 6. The summed E-state index contributed by atoms with van der Waals surface area (Å²) in [5.74, 6) is -0.739. The molecule has 6 nitrogen and oxygen atoms in total. The maximum absolute atomic E-state index is 13.7. The number of aryl methyl sites for hydroxylation is 1. The Hall–Kier alpha value is -2.11. The fourth-order valence-corrected chi connectivity index (χ4v) is 6.41. The van der Waals surface area contributed by atoms with E-state index in [-0.39, 0.29) is 30.0 Å². The number of hydrogen-bond acceptors (Lipinski definition) is 6. The quantitative estimate of drug-likeness (QED) is 0.547. The van der Waals surface area contributed by atoms with Gasteiger partial charge >= 0.3 is 6.18 Å². The van der Waals surface area contributed by atoms with E-state index in [1.165, 1.54) is 0 Å². The fraction of sp³-hybridized carbons (Fsp3) is 0.640. The zero-order valence-corrected chi connectivity index (χ0v) is 20.9. The van der Waals surface area contributed by atoms with Crippen molar-refractivity contribution in [1.82, 2.24) is 20.4 Å². The highest BCUT2D eigenvalue weighted by molar-refractivity contribution is 7.11. The van der Waals surface area contributed by atoms with Crippen molar-refractivity contribution in [2.45, 2.75) is 75.7 Å². The second-order valence-corrected chi connectivity index (χ2v) is 11.4. The highest BCUT2D eigenvalue weighted by Gasteiger charge is 2.54. The summed E-state index contributed by atoms with van der Waals surface area (Å²) in [7, 11) is 0. The number of halogens is 4. The molecule has 2 aliphatic heterocycles. The molecule has 1 aromatic carbocycles. The Morgan fingerprint density at radius 1 is 1.17 bits per heavy atom. The summed E-state index contributed by atoms with van der Waals surface area (Å²) in [5.41, 5.74) is -1.95. The van der Waals surface area contributed by atoms with E-state index >= 15 is 0 Å². The molecule has 3 aliphatic rings. The minimum atomic E-state index is -4.65. The second-order valence-electron chi connectivity index (χ2n) is 10.2. The molecule has 196 valence electrons. The maximum atomic E-state index is 13.7. The third kappa shape index (κ3) is 5.43. The lowest BCUT2D eigenvalue weighted by Gasteiger charge is -2.44. The van der Waals surface area contributed by atoms with Crippen LogP contribution in [0.2, 0.25) is 0 Å². The predicted molar refractivity (Wildman–Crippen MR) is 126 cm³/mol. The number of alkyl halides is 3. The number of aromatic nitrogens is 2. The SMILES string of the molecule is Cc1nnc(C2CCN(C3CC[C@@](C(=O)NCc4cc(F)cc(C(F)(F)F)c4)(C4CC4)OC3)CC2)s1. The highest BCUT2D eigenvalue weighted by Crippen LogP contribution is 2.47. The van der Waals surface area contributed by atoms with Gasteiger partial charge in [-0.15, -0.1) is 21.5 Å². The Labute approximate surface area is 211 Å². The summed E-state index contributed by atoms with van der Waals surface area (Å²) in [5, 5.41) is 13.3. The molecule has 0 spiro atoms. The Bertz CT molecular complexity index is 1090. The third-order valence-corrected chi connectivity index (χ3v) is 8.68. The van der Waals surface area contributed by atoms with Crippen molar-refractivity contribution in [2.24, 2.45) is 5.92 Å². The van der Waals surface area contributed by atoms with E-state index in [4.69, 9.17) is 4.74 Å². The molecular formula is C25H30F4N4O2S. The van der Waals surface area contributed by atoms with Crippen molar-refractivity contribution in [3.05, 3.63) is 45.2 Å². The molecule has 1 N–H and O–H groups in total. The first-order chi connectivity index (χ1) is 17.1. The monoisotopic (exact) mass is 526 g/mol. The molecule has 36 heavy (non-hydrogen) atoms. The second kappa shape index (κ2) is 9.98. The first-order valence-electron chi connectivity index (χ1n) is 12.5. The number of ether oxygens (including phenoxy) is 1. The van der Waals surface area contributed by atoms with Crippen LogP contribution in [0, 0.1) is 18.7 Å². The van der Waals surface area contributed by atoms with Crippen LogP contribution >= 0.6 is 11.3 Å². The van der Waals surface area contributed by atoms with Gasteiger partial charge in [0.2, 0.25) is 0 Å². The lowest BCUT2D eigenvalue weighted by Crippen LogP contribution is -2.57. The van der Waals surface area contributed by atoms with Gasteiger partial charge in [-0.3, -0.25) is 9.69 Å². The highest BCUT2D eigenvalue weighted by atomic mass is 32.1. The normalized spacial score (nSPS) is 26.2. The van der Waals surface area contributed by atoms with Crippen molar-refractivity contribution in [3.63, 3.8) is 0 Å². The summed E-state index contributed by atoms with van der Waals surface area (Å²) in [6, 6.07) is 2.58.